The number of aliphatic hydroxyl groups excluding tert-OH is 1. The van der Waals surface area contributed by atoms with Gasteiger partial charge in [-0.3, -0.25) is 0 Å². The molecule has 1 fully saturated rings. The number of hydrogen-bond acceptors (Lipinski definition) is 4. The van der Waals surface area contributed by atoms with Crippen molar-refractivity contribution in [1.29, 1.82) is 0 Å². The lowest BCUT2D eigenvalue weighted by Crippen LogP contribution is -2.32. The maximum Gasteiger partial charge on any atom is 0.207 e. The first-order chi connectivity index (χ1) is 7.93. The number of ether oxygens (including phenoxy) is 1. The van der Waals surface area contributed by atoms with E-state index in [2.05, 4.69) is 0 Å². The van der Waals surface area contributed by atoms with E-state index in [0.29, 0.717) is 0 Å². The van der Waals surface area contributed by atoms with Gasteiger partial charge in [-0.25, -0.2) is 8.42 Å². The van der Waals surface area contributed by atoms with Crippen LogP contribution in [0.2, 0.25) is 0 Å². The zero-order valence-corrected chi connectivity index (χ0v) is 10.6. The van der Waals surface area contributed by atoms with Crippen LogP contribution in [-0.2, 0) is 14.6 Å². The Morgan fingerprint density at radius 2 is 1.88 bits per heavy atom. The quantitative estimate of drug-likeness (QED) is 0.861. The molecule has 1 N–H and O–H groups in total. The monoisotopic (exact) mass is 256 g/mol. The first-order valence-electron chi connectivity index (χ1n) is 5.53. The van der Waals surface area contributed by atoms with E-state index in [1.807, 2.05) is 6.92 Å². The van der Waals surface area contributed by atoms with Crippen molar-refractivity contribution < 1.29 is 18.3 Å². The van der Waals surface area contributed by atoms with Gasteiger partial charge in [0.15, 0.2) is 5.44 Å². The highest BCUT2D eigenvalue weighted by atomic mass is 32.2. The van der Waals surface area contributed by atoms with Crippen LogP contribution >= 0.6 is 0 Å². The van der Waals surface area contributed by atoms with Gasteiger partial charge in [-0.2, -0.15) is 0 Å². The average Bonchev–Trinajstić information content (AvgIpc) is 2.61. The number of sulfone groups is 1. The fourth-order valence-electron chi connectivity index (χ4n) is 1.85. The summed E-state index contributed by atoms with van der Waals surface area (Å²) in [6, 6.07) is 6.56. The van der Waals surface area contributed by atoms with Crippen LogP contribution in [0, 0.1) is 12.8 Å². The molecule has 0 radical (unpaired) electrons. The molecule has 0 saturated carbocycles. The van der Waals surface area contributed by atoms with Crippen molar-refractivity contribution in [2.45, 2.75) is 30.3 Å². The van der Waals surface area contributed by atoms with Gasteiger partial charge in [0, 0.05) is 5.92 Å². The van der Waals surface area contributed by atoms with Gasteiger partial charge in [0.1, 0.15) is 0 Å². The van der Waals surface area contributed by atoms with E-state index in [1.165, 1.54) is 0 Å². The van der Waals surface area contributed by atoms with Crippen LogP contribution in [-0.4, -0.2) is 31.7 Å². The fourth-order valence-corrected chi connectivity index (χ4v) is 3.52. The van der Waals surface area contributed by atoms with Crippen molar-refractivity contribution in [2.75, 3.05) is 6.61 Å². The number of rotatable bonds is 2. The van der Waals surface area contributed by atoms with Gasteiger partial charge in [0.05, 0.1) is 17.6 Å². The summed E-state index contributed by atoms with van der Waals surface area (Å²) in [6.45, 7) is 3.94. The van der Waals surface area contributed by atoms with Crippen molar-refractivity contribution in [3.63, 3.8) is 0 Å². The molecular formula is C12H16O4S. The Labute approximate surface area is 101 Å². The molecule has 1 aromatic rings. The minimum absolute atomic E-state index is 0.153. The Kier molecular flexibility index (Phi) is 3.25. The molecule has 1 aliphatic heterocycles. The standard InChI is InChI=1S/C12H16O4S/c1-8-3-5-10(6-4-8)17(14,15)12-11(13)9(2)7-16-12/h3-6,9,11-13H,7H2,1-2H3/t9-,11-,12+/m1/s1. The molecular weight excluding hydrogens is 240 g/mol. The van der Waals surface area contributed by atoms with E-state index in [9.17, 15) is 13.5 Å². The van der Waals surface area contributed by atoms with E-state index in [-0.39, 0.29) is 17.4 Å². The molecule has 94 valence electrons. The van der Waals surface area contributed by atoms with Gasteiger partial charge in [0.2, 0.25) is 9.84 Å². The predicted molar refractivity (Wildman–Crippen MR) is 63.3 cm³/mol. The van der Waals surface area contributed by atoms with Gasteiger partial charge < -0.3 is 9.84 Å². The molecule has 5 heteroatoms. The van der Waals surface area contributed by atoms with Crippen LogP contribution < -0.4 is 0 Å². The molecule has 3 atom stereocenters. The van der Waals surface area contributed by atoms with Crippen LogP contribution in [0.15, 0.2) is 29.2 Å². The summed E-state index contributed by atoms with van der Waals surface area (Å²) in [5, 5.41) is 9.80. The average molecular weight is 256 g/mol. The van der Waals surface area contributed by atoms with Gasteiger partial charge >= 0.3 is 0 Å². The Bertz CT molecular complexity index is 492. The van der Waals surface area contributed by atoms with Gasteiger partial charge in [-0.05, 0) is 19.1 Å². The van der Waals surface area contributed by atoms with Crippen LogP contribution in [0.1, 0.15) is 12.5 Å². The van der Waals surface area contributed by atoms with E-state index in [0.717, 1.165) is 5.56 Å². The molecule has 1 aliphatic rings. The van der Waals surface area contributed by atoms with Gasteiger partial charge in [-0.15, -0.1) is 0 Å². The molecule has 17 heavy (non-hydrogen) atoms. The smallest absolute Gasteiger partial charge is 0.207 e. The first kappa shape index (κ1) is 12.5. The molecule has 4 nitrogen and oxygen atoms in total. The highest BCUT2D eigenvalue weighted by Crippen LogP contribution is 2.28. The number of benzene rings is 1. The zero-order chi connectivity index (χ0) is 12.6. The molecule has 0 aliphatic carbocycles. The molecule has 0 bridgehead atoms. The minimum Gasteiger partial charge on any atom is -0.389 e. The largest absolute Gasteiger partial charge is 0.389 e. The summed E-state index contributed by atoms with van der Waals surface area (Å²) in [5.74, 6) is -0.153. The number of aryl methyl sites for hydroxylation is 1. The van der Waals surface area contributed by atoms with Crippen molar-refractivity contribution in [2.24, 2.45) is 5.92 Å². The maximum atomic E-state index is 12.2. The SMILES string of the molecule is Cc1ccc(S(=O)(=O)[C@@H]2OC[C@@H](C)[C@H]2O)cc1. The highest BCUT2D eigenvalue weighted by molar-refractivity contribution is 7.92. The topological polar surface area (TPSA) is 63.6 Å². The lowest BCUT2D eigenvalue weighted by Gasteiger charge is -2.16. The molecule has 1 aromatic carbocycles. The second kappa shape index (κ2) is 4.40. The summed E-state index contributed by atoms with van der Waals surface area (Å²) in [4.78, 5) is 0.196. The molecule has 0 spiro atoms. The second-order valence-corrected chi connectivity index (χ2v) is 6.55. The minimum atomic E-state index is -3.61. The third kappa shape index (κ3) is 2.22. The third-order valence-electron chi connectivity index (χ3n) is 3.04. The van der Waals surface area contributed by atoms with Crippen LogP contribution in [0.5, 0.6) is 0 Å². The first-order valence-corrected chi connectivity index (χ1v) is 7.08. The third-order valence-corrected chi connectivity index (χ3v) is 5.00. The predicted octanol–water partition coefficient (Wildman–Crippen LogP) is 1.12. The van der Waals surface area contributed by atoms with E-state index < -0.39 is 21.4 Å². The van der Waals surface area contributed by atoms with Crippen molar-refractivity contribution in [3.05, 3.63) is 29.8 Å². The van der Waals surface area contributed by atoms with Gasteiger partial charge in [0.25, 0.3) is 0 Å². The molecule has 1 heterocycles. The Morgan fingerprint density at radius 3 is 2.35 bits per heavy atom. The molecule has 0 unspecified atom stereocenters. The van der Waals surface area contributed by atoms with Crippen molar-refractivity contribution >= 4 is 9.84 Å². The van der Waals surface area contributed by atoms with Crippen molar-refractivity contribution in [3.8, 4) is 0 Å². The number of aliphatic hydroxyl groups is 1. The second-order valence-electron chi connectivity index (χ2n) is 4.53. The summed E-state index contributed by atoms with van der Waals surface area (Å²) in [7, 11) is -3.61. The molecule has 0 amide bonds. The summed E-state index contributed by atoms with van der Waals surface area (Å²) in [5.41, 5.74) is -0.148. The molecule has 2 rings (SSSR count). The highest BCUT2D eigenvalue weighted by Gasteiger charge is 2.42. The fraction of sp³-hybridized carbons (Fsp3) is 0.500. The molecule has 1 saturated heterocycles. The van der Waals surface area contributed by atoms with Gasteiger partial charge in [-0.1, -0.05) is 24.6 Å². The number of hydrogen-bond donors (Lipinski definition) is 1. The zero-order valence-electron chi connectivity index (χ0n) is 9.83. The van der Waals surface area contributed by atoms with E-state index in [1.54, 1.807) is 31.2 Å². The Balaban J connectivity index is 2.34. The summed E-state index contributed by atoms with van der Waals surface area (Å²) >= 11 is 0. The Morgan fingerprint density at radius 1 is 1.29 bits per heavy atom. The normalized spacial score (nSPS) is 29.5. The Hall–Kier alpha value is -0.910. The van der Waals surface area contributed by atoms with Crippen LogP contribution in [0.3, 0.4) is 0 Å². The van der Waals surface area contributed by atoms with E-state index >= 15 is 0 Å². The summed E-state index contributed by atoms with van der Waals surface area (Å²) < 4.78 is 29.6. The summed E-state index contributed by atoms with van der Waals surface area (Å²) in [6.07, 6.45) is -0.957. The van der Waals surface area contributed by atoms with E-state index in [4.69, 9.17) is 4.74 Å². The van der Waals surface area contributed by atoms with Crippen LogP contribution in [0.4, 0.5) is 0 Å². The lowest BCUT2D eigenvalue weighted by atomic mass is 10.1. The lowest BCUT2D eigenvalue weighted by molar-refractivity contribution is 0.0907. The van der Waals surface area contributed by atoms with Crippen LogP contribution in [0.25, 0.3) is 0 Å². The maximum absolute atomic E-state index is 12.2. The van der Waals surface area contributed by atoms with Crippen molar-refractivity contribution in [1.82, 2.24) is 0 Å². The molecule has 0 aromatic heterocycles.